The summed E-state index contributed by atoms with van der Waals surface area (Å²) >= 11 is 5.52. The number of ether oxygens (including phenoxy) is 1. The van der Waals surface area contributed by atoms with E-state index in [0.717, 1.165) is 0 Å². The van der Waals surface area contributed by atoms with Crippen LogP contribution in [0.2, 0.25) is 0 Å². The quantitative estimate of drug-likeness (QED) is 0.685. The highest BCUT2D eigenvalue weighted by atomic mass is 35.5. The Balaban J connectivity index is 2.57. The summed E-state index contributed by atoms with van der Waals surface area (Å²) in [6.07, 6.45) is -0.326. The van der Waals surface area contributed by atoms with Gasteiger partial charge >= 0.3 is 6.09 Å². The number of rotatable bonds is 1. The van der Waals surface area contributed by atoms with Gasteiger partial charge in [-0.1, -0.05) is 0 Å². The summed E-state index contributed by atoms with van der Waals surface area (Å²) in [5.74, 6) is -0.105. The van der Waals surface area contributed by atoms with Crippen molar-refractivity contribution in [3.05, 3.63) is 0 Å². The number of piperazine rings is 1. The molecule has 1 fully saturated rings. The van der Waals surface area contributed by atoms with Crippen molar-refractivity contribution in [3.8, 4) is 0 Å². The van der Waals surface area contributed by atoms with Gasteiger partial charge in [0.2, 0.25) is 5.91 Å². The van der Waals surface area contributed by atoms with Gasteiger partial charge in [-0.3, -0.25) is 4.79 Å². The molecule has 2 amide bonds. The van der Waals surface area contributed by atoms with Crippen LogP contribution in [-0.2, 0) is 9.53 Å². The van der Waals surface area contributed by atoms with E-state index in [4.69, 9.17) is 16.3 Å². The predicted octanol–water partition coefficient (Wildman–Crippen LogP) is 1.69. The lowest BCUT2D eigenvalue weighted by Gasteiger charge is -2.40. The van der Waals surface area contributed by atoms with Gasteiger partial charge in [-0.25, -0.2) is 4.79 Å². The van der Waals surface area contributed by atoms with Crippen molar-refractivity contribution in [2.75, 3.05) is 25.5 Å². The zero-order valence-electron chi connectivity index (χ0n) is 11.4. The van der Waals surface area contributed by atoms with Crippen molar-refractivity contribution < 1.29 is 14.3 Å². The monoisotopic (exact) mass is 276 g/mol. The maximum Gasteiger partial charge on any atom is 0.410 e. The standard InChI is InChI=1S/C12H21ClN2O3/c1-9-8-14(10(16)7-13)5-6-15(9)11(17)18-12(2,3)4/h9H,5-8H2,1-4H3/t9-/m1/s1. The van der Waals surface area contributed by atoms with Crippen LogP contribution in [0.3, 0.4) is 0 Å². The molecule has 6 heteroatoms. The molecule has 0 saturated carbocycles. The Morgan fingerprint density at radius 1 is 1.33 bits per heavy atom. The lowest BCUT2D eigenvalue weighted by atomic mass is 10.2. The molecule has 0 unspecified atom stereocenters. The van der Waals surface area contributed by atoms with E-state index in [1.54, 1.807) is 9.80 Å². The average Bonchev–Trinajstić information content (AvgIpc) is 2.25. The Labute approximate surface area is 113 Å². The van der Waals surface area contributed by atoms with Crippen molar-refractivity contribution >= 4 is 23.6 Å². The maximum atomic E-state index is 11.9. The second-order valence-electron chi connectivity index (χ2n) is 5.50. The van der Waals surface area contributed by atoms with Gasteiger partial charge in [-0.15, -0.1) is 11.6 Å². The molecule has 0 spiro atoms. The molecule has 104 valence electrons. The Morgan fingerprint density at radius 3 is 2.39 bits per heavy atom. The highest BCUT2D eigenvalue weighted by Crippen LogP contribution is 2.15. The van der Waals surface area contributed by atoms with Gasteiger partial charge in [0.25, 0.3) is 0 Å². The molecule has 0 aromatic heterocycles. The molecule has 1 atom stereocenters. The predicted molar refractivity (Wildman–Crippen MR) is 69.7 cm³/mol. The van der Waals surface area contributed by atoms with Crippen LogP contribution in [0.4, 0.5) is 4.79 Å². The van der Waals surface area contributed by atoms with Crippen molar-refractivity contribution in [2.45, 2.75) is 39.3 Å². The van der Waals surface area contributed by atoms with E-state index >= 15 is 0 Å². The van der Waals surface area contributed by atoms with Crippen LogP contribution >= 0.6 is 11.6 Å². The normalized spacial score (nSPS) is 20.8. The van der Waals surface area contributed by atoms with Gasteiger partial charge in [0, 0.05) is 25.7 Å². The number of halogens is 1. The van der Waals surface area contributed by atoms with Crippen LogP contribution in [-0.4, -0.2) is 59.0 Å². The van der Waals surface area contributed by atoms with E-state index in [0.29, 0.717) is 19.6 Å². The Kier molecular flexibility index (Phi) is 4.85. The first kappa shape index (κ1) is 15.1. The average molecular weight is 277 g/mol. The van der Waals surface area contributed by atoms with Crippen LogP contribution in [0, 0.1) is 0 Å². The third kappa shape index (κ3) is 4.05. The van der Waals surface area contributed by atoms with Crippen LogP contribution in [0.1, 0.15) is 27.7 Å². The van der Waals surface area contributed by atoms with E-state index in [1.165, 1.54) is 0 Å². The summed E-state index contributed by atoms with van der Waals surface area (Å²) in [4.78, 5) is 26.8. The van der Waals surface area contributed by atoms with Gasteiger partial charge in [0.1, 0.15) is 11.5 Å². The van der Waals surface area contributed by atoms with Crippen LogP contribution in [0.15, 0.2) is 0 Å². The second-order valence-corrected chi connectivity index (χ2v) is 5.76. The fourth-order valence-electron chi connectivity index (χ4n) is 1.86. The van der Waals surface area contributed by atoms with E-state index in [2.05, 4.69) is 0 Å². The van der Waals surface area contributed by atoms with Crippen LogP contribution < -0.4 is 0 Å². The lowest BCUT2D eigenvalue weighted by molar-refractivity contribution is -0.131. The molecule has 0 aliphatic carbocycles. The molecule has 1 heterocycles. The third-order valence-electron chi connectivity index (χ3n) is 2.72. The zero-order valence-corrected chi connectivity index (χ0v) is 12.2. The van der Waals surface area contributed by atoms with Gasteiger partial charge < -0.3 is 14.5 Å². The van der Waals surface area contributed by atoms with E-state index in [-0.39, 0.29) is 23.9 Å². The molecular formula is C12H21ClN2O3. The van der Waals surface area contributed by atoms with Crippen LogP contribution in [0.5, 0.6) is 0 Å². The Morgan fingerprint density at radius 2 is 1.94 bits per heavy atom. The minimum Gasteiger partial charge on any atom is -0.444 e. The summed E-state index contributed by atoms with van der Waals surface area (Å²) in [6, 6.07) is -0.0548. The number of nitrogens with zero attached hydrogens (tertiary/aromatic N) is 2. The lowest BCUT2D eigenvalue weighted by Crippen LogP contribution is -2.56. The summed E-state index contributed by atoms with van der Waals surface area (Å²) in [6.45, 7) is 8.91. The molecule has 1 rings (SSSR count). The van der Waals surface area contributed by atoms with Crippen LogP contribution in [0.25, 0.3) is 0 Å². The number of carbonyl (C=O) groups excluding carboxylic acids is 2. The molecule has 1 saturated heterocycles. The third-order valence-corrected chi connectivity index (χ3v) is 2.95. The maximum absolute atomic E-state index is 11.9. The smallest absolute Gasteiger partial charge is 0.410 e. The molecule has 0 bridgehead atoms. The van der Waals surface area contributed by atoms with Gasteiger partial charge in [-0.2, -0.15) is 0 Å². The fourth-order valence-corrected chi connectivity index (χ4v) is 2.03. The summed E-state index contributed by atoms with van der Waals surface area (Å²) in [7, 11) is 0. The summed E-state index contributed by atoms with van der Waals surface area (Å²) in [5, 5.41) is 0. The zero-order chi connectivity index (χ0) is 13.9. The molecule has 0 aromatic rings. The first-order valence-electron chi connectivity index (χ1n) is 6.08. The number of hydrogen-bond acceptors (Lipinski definition) is 3. The van der Waals surface area contributed by atoms with Crippen molar-refractivity contribution in [1.29, 1.82) is 0 Å². The molecule has 1 aliphatic heterocycles. The number of hydrogen-bond donors (Lipinski definition) is 0. The first-order chi connectivity index (χ1) is 8.24. The minimum absolute atomic E-state index is 0.0147. The van der Waals surface area contributed by atoms with E-state index in [9.17, 15) is 9.59 Å². The summed E-state index contributed by atoms with van der Waals surface area (Å²) < 4.78 is 5.33. The van der Waals surface area contributed by atoms with Crippen molar-refractivity contribution in [2.24, 2.45) is 0 Å². The molecule has 5 nitrogen and oxygen atoms in total. The molecule has 18 heavy (non-hydrogen) atoms. The topological polar surface area (TPSA) is 49.9 Å². The number of amides is 2. The summed E-state index contributed by atoms with van der Waals surface area (Å²) in [5.41, 5.74) is -0.500. The van der Waals surface area contributed by atoms with Gasteiger partial charge in [0.15, 0.2) is 0 Å². The van der Waals surface area contributed by atoms with E-state index in [1.807, 2.05) is 27.7 Å². The van der Waals surface area contributed by atoms with Gasteiger partial charge in [-0.05, 0) is 27.7 Å². The number of carbonyl (C=O) groups is 2. The minimum atomic E-state index is -0.500. The van der Waals surface area contributed by atoms with E-state index < -0.39 is 5.60 Å². The molecular weight excluding hydrogens is 256 g/mol. The Bertz CT molecular complexity index is 328. The highest BCUT2D eigenvalue weighted by Gasteiger charge is 2.32. The Hall–Kier alpha value is -0.970. The second kappa shape index (κ2) is 5.78. The number of alkyl halides is 1. The molecule has 0 N–H and O–H groups in total. The molecule has 0 radical (unpaired) electrons. The first-order valence-corrected chi connectivity index (χ1v) is 6.61. The van der Waals surface area contributed by atoms with Crippen molar-refractivity contribution in [3.63, 3.8) is 0 Å². The van der Waals surface area contributed by atoms with Crippen molar-refractivity contribution in [1.82, 2.24) is 9.80 Å². The SMILES string of the molecule is C[C@@H]1CN(C(=O)CCl)CCN1C(=O)OC(C)(C)C. The van der Waals surface area contributed by atoms with Gasteiger partial charge in [0.05, 0.1) is 0 Å². The largest absolute Gasteiger partial charge is 0.444 e. The molecule has 1 aliphatic rings. The molecule has 0 aromatic carbocycles. The fraction of sp³-hybridized carbons (Fsp3) is 0.833. The highest BCUT2D eigenvalue weighted by molar-refractivity contribution is 6.27.